The zero-order valence-corrected chi connectivity index (χ0v) is 14.2. The van der Waals surface area contributed by atoms with E-state index < -0.39 is 5.97 Å². The molecule has 1 aromatic heterocycles. The number of nitrogens with zero attached hydrogens (tertiary/aromatic N) is 3. The lowest BCUT2D eigenvalue weighted by Gasteiger charge is -2.09. The molecule has 0 unspecified atom stereocenters. The molecule has 6 nitrogen and oxygen atoms in total. The minimum atomic E-state index is -0.491. The van der Waals surface area contributed by atoms with Crippen molar-refractivity contribution in [2.75, 3.05) is 6.61 Å². The number of ether oxygens (including phenoxy) is 1. The van der Waals surface area contributed by atoms with Crippen molar-refractivity contribution in [2.24, 2.45) is 5.92 Å². The van der Waals surface area contributed by atoms with E-state index in [1.807, 2.05) is 26.0 Å². The van der Waals surface area contributed by atoms with Crippen LogP contribution in [0.2, 0.25) is 5.02 Å². The largest absolute Gasteiger partial charge is 0.465 e. The Balaban J connectivity index is 2.50. The van der Waals surface area contributed by atoms with Crippen LogP contribution < -0.4 is 5.69 Å². The molecule has 7 heteroatoms. The Hall–Kier alpha value is -2.08. The van der Waals surface area contributed by atoms with E-state index in [-0.39, 0.29) is 24.8 Å². The maximum absolute atomic E-state index is 12.6. The Morgan fingerprint density at radius 2 is 2.04 bits per heavy atom. The van der Waals surface area contributed by atoms with Gasteiger partial charge in [0.2, 0.25) is 0 Å². The van der Waals surface area contributed by atoms with Crippen molar-refractivity contribution in [3.63, 3.8) is 0 Å². The third kappa shape index (κ3) is 4.01. The van der Waals surface area contributed by atoms with Gasteiger partial charge in [-0.15, -0.1) is 5.10 Å². The summed E-state index contributed by atoms with van der Waals surface area (Å²) in [7, 11) is 0. The minimum Gasteiger partial charge on any atom is -0.465 e. The van der Waals surface area contributed by atoms with Crippen molar-refractivity contribution in [2.45, 2.75) is 33.9 Å². The first-order chi connectivity index (χ1) is 10.9. The van der Waals surface area contributed by atoms with Gasteiger partial charge in [0.15, 0.2) is 5.82 Å². The zero-order chi connectivity index (χ0) is 17.0. The number of hydrogen-bond donors (Lipinski definition) is 0. The predicted molar refractivity (Wildman–Crippen MR) is 88.4 cm³/mol. The number of hydrogen-bond acceptors (Lipinski definition) is 4. The van der Waals surface area contributed by atoms with Crippen molar-refractivity contribution in [1.29, 1.82) is 0 Å². The lowest BCUT2D eigenvalue weighted by Crippen LogP contribution is -2.29. The van der Waals surface area contributed by atoms with Crippen molar-refractivity contribution in [1.82, 2.24) is 14.3 Å². The topological polar surface area (TPSA) is 66.1 Å². The summed E-state index contributed by atoms with van der Waals surface area (Å²) in [6, 6.07) is 7.18. The average Bonchev–Trinajstić information content (AvgIpc) is 2.77. The van der Waals surface area contributed by atoms with Gasteiger partial charge in [0.25, 0.3) is 0 Å². The van der Waals surface area contributed by atoms with Gasteiger partial charge in [-0.25, -0.2) is 9.48 Å². The normalized spacial score (nSPS) is 11.0. The lowest BCUT2D eigenvalue weighted by atomic mass is 10.2. The van der Waals surface area contributed by atoms with Crippen molar-refractivity contribution < 1.29 is 9.53 Å². The summed E-state index contributed by atoms with van der Waals surface area (Å²) in [6.45, 7) is 6.26. The summed E-state index contributed by atoms with van der Waals surface area (Å²) >= 11 is 6.23. The fraction of sp³-hybridized carbons (Fsp3) is 0.438. The van der Waals surface area contributed by atoms with E-state index in [4.69, 9.17) is 16.3 Å². The van der Waals surface area contributed by atoms with E-state index in [1.165, 1.54) is 0 Å². The van der Waals surface area contributed by atoms with Crippen LogP contribution in [0.15, 0.2) is 29.1 Å². The molecule has 0 spiro atoms. The molecule has 0 bridgehead atoms. The number of benzene rings is 1. The Kier molecular flexibility index (Phi) is 5.60. The second-order valence-corrected chi connectivity index (χ2v) is 5.96. The molecule has 0 atom stereocenters. The summed E-state index contributed by atoms with van der Waals surface area (Å²) < 4.78 is 7.56. The molecule has 23 heavy (non-hydrogen) atoms. The maximum Gasteiger partial charge on any atom is 0.346 e. The maximum atomic E-state index is 12.6. The molecule has 1 aromatic carbocycles. The van der Waals surface area contributed by atoms with E-state index in [0.29, 0.717) is 23.0 Å². The van der Waals surface area contributed by atoms with Crippen molar-refractivity contribution in [3.8, 4) is 11.4 Å². The van der Waals surface area contributed by atoms with Crippen LogP contribution in [0, 0.1) is 5.92 Å². The van der Waals surface area contributed by atoms with E-state index in [0.717, 1.165) is 4.68 Å². The molecule has 0 amide bonds. The number of esters is 1. The van der Waals surface area contributed by atoms with Crippen LogP contribution in [0.1, 0.15) is 20.8 Å². The van der Waals surface area contributed by atoms with Crippen LogP contribution in [0.25, 0.3) is 11.4 Å². The van der Waals surface area contributed by atoms with Gasteiger partial charge in [-0.1, -0.05) is 37.6 Å². The first kappa shape index (κ1) is 17.3. The Labute approximate surface area is 139 Å². The summed E-state index contributed by atoms with van der Waals surface area (Å²) in [6.07, 6.45) is 0. The predicted octanol–water partition coefficient (Wildman–Crippen LogP) is 2.58. The fourth-order valence-electron chi connectivity index (χ4n) is 2.24. The number of carbonyl (C=O) groups excluding carboxylic acids is 1. The molecular formula is C16H20ClN3O3. The first-order valence-corrected chi connectivity index (χ1v) is 7.90. The molecule has 0 fully saturated rings. The fourth-order valence-corrected chi connectivity index (χ4v) is 2.46. The molecule has 0 saturated heterocycles. The third-order valence-electron chi connectivity index (χ3n) is 3.17. The average molecular weight is 338 g/mol. The van der Waals surface area contributed by atoms with Gasteiger partial charge in [0, 0.05) is 12.1 Å². The summed E-state index contributed by atoms with van der Waals surface area (Å²) in [5, 5.41) is 4.80. The van der Waals surface area contributed by atoms with E-state index in [9.17, 15) is 9.59 Å². The van der Waals surface area contributed by atoms with Crippen molar-refractivity contribution in [3.05, 3.63) is 39.8 Å². The molecular weight excluding hydrogens is 318 g/mol. The third-order valence-corrected chi connectivity index (χ3v) is 3.50. The second kappa shape index (κ2) is 7.46. The smallest absolute Gasteiger partial charge is 0.346 e. The van der Waals surface area contributed by atoms with Gasteiger partial charge in [-0.2, -0.15) is 0 Å². The Morgan fingerprint density at radius 1 is 1.35 bits per heavy atom. The van der Waals surface area contributed by atoms with E-state index in [2.05, 4.69) is 5.10 Å². The van der Waals surface area contributed by atoms with Gasteiger partial charge >= 0.3 is 11.7 Å². The summed E-state index contributed by atoms with van der Waals surface area (Å²) in [5.74, 6) is 0.210. The molecule has 0 aliphatic rings. The summed E-state index contributed by atoms with van der Waals surface area (Å²) in [4.78, 5) is 24.2. The molecule has 0 aliphatic carbocycles. The molecule has 124 valence electrons. The molecule has 0 aliphatic heterocycles. The van der Waals surface area contributed by atoms with E-state index >= 15 is 0 Å². The number of rotatable bonds is 6. The standard InChI is InChI=1S/C16H20ClN3O3/c1-4-23-14(21)10-20-16(22)19(9-11(2)3)15(18-20)12-7-5-6-8-13(12)17/h5-8,11H,4,9-10H2,1-3H3. The van der Waals surface area contributed by atoms with Crippen LogP contribution in [-0.4, -0.2) is 26.9 Å². The summed E-state index contributed by atoms with van der Waals surface area (Å²) in [5.41, 5.74) is 0.316. The zero-order valence-electron chi connectivity index (χ0n) is 13.5. The molecule has 2 rings (SSSR count). The Bertz CT molecular complexity index is 749. The van der Waals surface area contributed by atoms with Crippen molar-refractivity contribution >= 4 is 17.6 Å². The first-order valence-electron chi connectivity index (χ1n) is 7.52. The van der Waals surface area contributed by atoms with Gasteiger partial charge in [0.05, 0.1) is 11.6 Å². The Morgan fingerprint density at radius 3 is 2.65 bits per heavy atom. The van der Waals surface area contributed by atoms with Gasteiger partial charge in [0.1, 0.15) is 6.54 Å². The highest BCUT2D eigenvalue weighted by atomic mass is 35.5. The number of aromatic nitrogens is 3. The molecule has 1 heterocycles. The monoisotopic (exact) mass is 337 g/mol. The minimum absolute atomic E-state index is 0.213. The van der Waals surface area contributed by atoms with E-state index in [1.54, 1.807) is 23.6 Å². The highest BCUT2D eigenvalue weighted by molar-refractivity contribution is 6.33. The SMILES string of the molecule is CCOC(=O)Cn1nc(-c2ccccc2Cl)n(CC(C)C)c1=O. The van der Waals surface area contributed by atoms with Crippen LogP contribution in [0.3, 0.4) is 0 Å². The van der Waals surface area contributed by atoms with Crippen LogP contribution in [0.4, 0.5) is 0 Å². The second-order valence-electron chi connectivity index (χ2n) is 5.55. The quantitative estimate of drug-likeness (QED) is 0.760. The van der Waals surface area contributed by atoms with Gasteiger partial charge in [-0.05, 0) is 25.0 Å². The molecule has 2 aromatic rings. The van der Waals surface area contributed by atoms with Crippen LogP contribution >= 0.6 is 11.6 Å². The highest BCUT2D eigenvalue weighted by Gasteiger charge is 2.19. The molecule has 0 saturated carbocycles. The van der Waals surface area contributed by atoms with Crippen LogP contribution in [0.5, 0.6) is 0 Å². The van der Waals surface area contributed by atoms with Crippen LogP contribution in [-0.2, 0) is 22.6 Å². The van der Waals surface area contributed by atoms with Gasteiger partial charge in [-0.3, -0.25) is 9.36 Å². The number of halogens is 1. The van der Waals surface area contributed by atoms with Gasteiger partial charge < -0.3 is 4.74 Å². The number of carbonyl (C=O) groups is 1. The lowest BCUT2D eigenvalue weighted by molar-refractivity contribution is -0.144. The highest BCUT2D eigenvalue weighted by Crippen LogP contribution is 2.25. The molecule has 0 radical (unpaired) electrons. The molecule has 0 N–H and O–H groups in total.